The molecule has 1 aromatic heterocycles. The second kappa shape index (κ2) is 8.45. The van der Waals surface area contributed by atoms with Crippen LogP contribution in [0.1, 0.15) is 44.6 Å². The summed E-state index contributed by atoms with van der Waals surface area (Å²) in [6, 6.07) is 8.29. The van der Waals surface area contributed by atoms with E-state index in [4.69, 9.17) is 4.52 Å². The molecule has 0 spiro atoms. The Hall–Kier alpha value is -2.21. The monoisotopic (exact) mass is 356 g/mol. The van der Waals surface area contributed by atoms with Gasteiger partial charge in [-0.05, 0) is 45.7 Å². The maximum atomic E-state index is 12.4. The van der Waals surface area contributed by atoms with Crippen LogP contribution < -0.4 is 5.32 Å². The Labute approximate surface area is 155 Å². The van der Waals surface area contributed by atoms with Gasteiger partial charge >= 0.3 is 0 Å². The van der Waals surface area contributed by atoms with Gasteiger partial charge in [-0.15, -0.1) is 0 Å². The van der Waals surface area contributed by atoms with Crippen LogP contribution in [0.25, 0.3) is 11.4 Å². The Kier molecular flexibility index (Phi) is 6.04. The third-order valence-corrected chi connectivity index (χ3v) is 4.98. The molecule has 0 saturated carbocycles. The standard InChI is InChI=1S/C20H28N4O2/c1-4-15(3)21-20(25)17-9-6-10-24(12-17)13-18-22-19(23-26-18)16-8-5-7-14(2)11-16/h5,7-8,11,15,17H,4,6,9-10,12-13H2,1-3H3,(H,21,25). The van der Waals surface area contributed by atoms with Crippen LogP contribution in [0.2, 0.25) is 0 Å². The number of hydrogen-bond donors (Lipinski definition) is 1. The number of benzene rings is 1. The molecule has 0 aliphatic carbocycles. The summed E-state index contributed by atoms with van der Waals surface area (Å²) < 4.78 is 5.44. The largest absolute Gasteiger partial charge is 0.353 e. The molecule has 140 valence electrons. The molecule has 1 aliphatic rings. The molecule has 0 bridgehead atoms. The molecule has 2 unspecified atom stereocenters. The molecule has 3 rings (SSSR count). The average Bonchev–Trinajstić information content (AvgIpc) is 3.10. The van der Waals surface area contributed by atoms with Crippen molar-refractivity contribution in [3.63, 3.8) is 0 Å². The highest BCUT2D eigenvalue weighted by Gasteiger charge is 2.27. The number of hydrogen-bond acceptors (Lipinski definition) is 5. The van der Waals surface area contributed by atoms with E-state index in [0.29, 0.717) is 18.3 Å². The van der Waals surface area contributed by atoms with Gasteiger partial charge in [0.15, 0.2) is 0 Å². The molecule has 1 aliphatic heterocycles. The van der Waals surface area contributed by atoms with Gasteiger partial charge in [0.05, 0.1) is 12.5 Å². The zero-order chi connectivity index (χ0) is 18.5. The summed E-state index contributed by atoms with van der Waals surface area (Å²) in [5.41, 5.74) is 2.13. The van der Waals surface area contributed by atoms with Crippen LogP contribution in [0.5, 0.6) is 0 Å². The first kappa shape index (κ1) is 18.6. The SMILES string of the molecule is CCC(C)NC(=O)C1CCCN(Cc2nc(-c3cccc(C)c3)no2)C1. The quantitative estimate of drug-likeness (QED) is 0.861. The minimum Gasteiger partial charge on any atom is -0.353 e. The van der Waals surface area contributed by atoms with Crippen molar-refractivity contribution in [1.82, 2.24) is 20.4 Å². The van der Waals surface area contributed by atoms with Crippen molar-refractivity contribution in [3.05, 3.63) is 35.7 Å². The number of aromatic nitrogens is 2. The van der Waals surface area contributed by atoms with Gasteiger partial charge in [0, 0.05) is 18.2 Å². The van der Waals surface area contributed by atoms with E-state index < -0.39 is 0 Å². The molecule has 26 heavy (non-hydrogen) atoms. The molecular formula is C20H28N4O2. The molecule has 6 nitrogen and oxygen atoms in total. The van der Waals surface area contributed by atoms with Gasteiger partial charge in [-0.25, -0.2) is 0 Å². The Morgan fingerprint density at radius 1 is 1.46 bits per heavy atom. The summed E-state index contributed by atoms with van der Waals surface area (Å²) >= 11 is 0. The number of piperidine rings is 1. The molecule has 2 atom stereocenters. The zero-order valence-corrected chi connectivity index (χ0v) is 15.9. The van der Waals surface area contributed by atoms with Gasteiger partial charge in [0.25, 0.3) is 0 Å². The lowest BCUT2D eigenvalue weighted by atomic mass is 9.96. The molecule has 1 saturated heterocycles. The minimum absolute atomic E-state index is 0.0388. The molecule has 1 fully saturated rings. The summed E-state index contributed by atoms with van der Waals surface area (Å²) in [5.74, 6) is 1.42. The van der Waals surface area contributed by atoms with Gasteiger partial charge in [-0.1, -0.05) is 35.8 Å². The minimum atomic E-state index is 0.0388. The third kappa shape index (κ3) is 4.69. The second-order valence-corrected chi connectivity index (χ2v) is 7.27. The number of aryl methyl sites for hydroxylation is 1. The highest BCUT2D eigenvalue weighted by molar-refractivity contribution is 5.79. The van der Waals surface area contributed by atoms with E-state index in [1.807, 2.05) is 38.1 Å². The fourth-order valence-electron chi connectivity index (χ4n) is 3.29. The predicted molar refractivity (Wildman–Crippen MR) is 100 cm³/mol. The van der Waals surface area contributed by atoms with Crippen molar-refractivity contribution < 1.29 is 9.32 Å². The predicted octanol–water partition coefficient (Wildman–Crippen LogP) is 3.17. The van der Waals surface area contributed by atoms with Crippen molar-refractivity contribution in [2.75, 3.05) is 13.1 Å². The van der Waals surface area contributed by atoms with Crippen molar-refractivity contribution in [3.8, 4) is 11.4 Å². The van der Waals surface area contributed by atoms with Gasteiger partial charge in [-0.3, -0.25) is 9.69 Å². The van der Waals surface area contributed by atoms with Gasteiger partial charge in [-0.2, -0.15) is 4.98 Å². The van der Waals surface area contributed by atoms with Crippen molar-refractivity contribution >= 4 is 5.91 Å². The van der Waals surface area contributed by atoms with Gasteiger partial charge in [0.2, 0.25) is 17.6 Å². The Balaban J connectivity index is 1.60. The molecule has 1 N–H and O–H groups in total. The van der Waals surface area contributed by atoms with E-state index in [1.54, 1.807) is 0 Å². The van der Waals surface area contributed by atoms with Crippen LogP contribution in [0, 0.1) is 12.8 Å². The highest BCUT2D eigenvalue weighted by atomic mass is 16.5. The Morgan fingerprint density at radius 3 is 3.08 bits per heavy atom. The number of nitrogens with one attached hydrogen (secondary N) is 1. The first-order chi connectivity index (χ1) is 12.5. The van der Waals surface area contributed by atoms with E-state index in [-0.39, 0.29) is 17.9 Å². The lowest BCUT2D eigenvalue weighted by Crippen LogP contribution is -2.44. The molecule has 6 heteroatoms. The normalized spacial score (nSPS) is 19.3. The fourth-order valence-corrected chi connectivity index (χ4v) is 3.29. The molecule has 0 radical (unpaired) electrons. The summed E-state index contributed by atoms with van der Waals surface area (Å²) in [4.78, 5) is 19.2. The Bertz CT molecular complexity index is 743. The van der Waals surface area contributed by atoms with Crippen LogP contribution in [0.4, 0.5) is 0 Å². The van der Waals surface area contributed by atoms with Crippen LogP contribution in [0.15, 0.2) is 28.8 Å². The number of nitrogens with zero attached hydrogens (tertiary/aromatic N) is 3. The third-order valence-electron chi connectivity index (χ3n) is 4.98. The maximum absolute atomic E-state index is 12.4. The molecule has 1 aromatic carbocycles. The molecule has 2 aromatic rings. The fraction of sp³-hybridized carbons (Fsp3) is 0.550. The molecule has 2 heterocycles. The van der Waals surface area contributed by atoms with Crippen LogP contribution in [-0.2, 0) is 11.3 Å². The molecule has 1 amide bonds. The second-order valence-electron chi connectivity index (χ2n) is 7.27. The van der Waals surface area contributed by atoms with E-state index in [1.165, 1.54) is 5.56 Å². The summed E-state index contributed by atoms with van der Waals surface area (Å²) in [6.45, 7) is 8.46. The van der Waals surface area contributed by atoms with Crippen LogP contribution in [-0.4, -0.2) is 40.1 Å². The van der Waals surface area contributed by atoms with E-state index >= 15 is 0 Å². The van der Waals surface area contributed by atoms with Crippen molar-refractivity contribution in [2.45, 2.75) is 52.6 Å². The summed E-state index contributed by atoms with van der Waals surface area (Å²) in [7, 11) is 0. The molecular weight excluding hydrogens is 328 g/mol. The summed E-state index contributed by atoms with van der Waals surface area (Å²) in [6.07, 6.45) is 2.90. The van der Waals surface area contributed by atoms with Crippen LogP contribution in [0.3, 0.4) is 0 Å². The number of carbonyl (C=O) groups is 1. The van der Waals surface area contributed by atoms with E-state index in [0.717, 1.165) is 37.9 Å². The van der Waals surface area contributed by atoms with Crippen LogP contribution >= 0.6 is 0 Å². The smallest absolute Gasteiger partial charge is 0.241 e. The lowest BCUT2D eigenvalue weighted by molar-refractivity contribution is -0.127. The number of amides is 1. The average molecular weight is 356 g/mol. The van der Waals surface area contributed by atoms with E-state index in [2.05, 4.69) is 27.3 Å². The van der Waals surface area contributed by atoms with Gasteiger partial charge in [0.1, 0.15) is 0 Å². The van der Waals surface area contributed by atoms with E-state index in [9.17, 15) is 4.79 Å². The Morgan fingerprint density at radius 2 is 2.31 bits per heavy atom. The van der Waals surface area contributed by atoms with Gasteiger partial charge < -0.3 is 9.84 Å². The first-order valence-electron chi connectivity index (χ1n) is 9.47. The maximum Gasteiger partial charge on any atom is 0.241 e. The topological polar surface area (TPSA) is 71.3 Å². The first-order valence-corrected chi connectivity index (χ1v) is 9.47. The zero-order valence-electron chi connectivity index (χ0n) is 15.9. The lowest BCUT2D eigenvalue weighted by Gasteiger charge is -2.31. The number of likely N-dealkylation sites (tertiary alicyclic amines) is 1. The highest BCUT2D eigenvalue weighted by Crippen LogP contribution is 2.21. The van der Waals surface area contributed by atoms with Crippen molar-refractivity contribution in [1.29, 1.82) is 0 Å². The summed E-state index contributed by atoms with van der Waals surface area (Å²) in [5, 5.41) is 7.20. The number of carbonyl (C=O) groups excluding carboxylic acids is 1. The van der Waals surface area contributed by atoms with Crippen molar-refractivity contribution in [2.24, 2.45) is 5.92 Å². The number of rotatable bonds is 6.